The van der Waals surface area contributed by atoms with Crippen molar-refractivity contribution in [2.24, 2.45) is 0 Å². The highest BCUT2D eigenvalue weighted by atomic mass is 15.3. The summed E-state index contributed by atoms with van der Waals surface area (Å²) in [6.07, 6.45) is 3.66. The number of anilines is 1. The molecule has 1 unspecified atom stereocenters. The number of hydrogen-bond acceptors (Lipinski definition) is 4. The highest BCUT2D eigenvalue weighted by Gasteiger charge is 2.22. The molecule has 2 heterocycles. The monoisotopic (exact) mass is 284 g/mol. The van der Waals surface area contributed by atoms with Crippen molar-refractivity contribution < 1.29 is 0 Å². The lowest BCUT2D eigenvalue weighted by molar-refractivity contribution is 0.421. The van der Waals surface area contributed by atoms with Gasteiger partial charge in [-0.15, -0.1) is 5.10 Å². The van der Waals surface area contributed by atoms with Gasteiger partial charge in [-0.1, -0.05) is 31.2 Å². The Morgan fingerprint density at radius 1 is 1.24 bits per heavy atom. The molecule has 1 N–H and O–H groups in total. The van der Waals surface area contributed by atoms with Crippen molar-refractivity contribution >= 4 is 16.6 Å². The maximum atomic E-state index is 4.49. The van der Waals surface area contributed by atoms with Crippen LogP contribution in [-0.2, 0) is 0 Å². The van der Waals surface area contributed by atoms with E-state index >= 15 is 0 Å². The van der Waals surface area contributed by atoms with Crippen LogP contribution in [0.15, 0.2) is 24.3 Å². The summed E-state index contributed by atoms with van der Waals surface area (Å²) >= 11 is 0. The molecule has 1 fully saturated rings. The largest absolute Gasteiger partial charge is 0.353 e. The SMILES string of the molecule is CCCNC1CCCN(c2nnc(C)c3ccccc23)C1. The van der Waals surface area contributed by atoms with Crippen molar-refractivity contribution in [3.8, 4) is 0 Å². The second-order valence-corrected chi connectivity index (χ2v) is 5.89. The zero-order valence-electron chi connectivity index (χ0n) is 13.0. The summed E-state index contributed by atoms with van der Waals surface area (Å²) in [6, 6.07) is 9.03. The lowest BCUT2D eigenvalue weighted by atomic mass is 10.0. The number of piperidine rings is 1. The summed E-state index contributed by atoms with van der Waals surface area (Å²) in [5, 5.41) is 14.9. The quantitative estimate of drug-likeness (QED) is 0.937. The van der Waals surface area contributed by atoms with Crippen molar-refractivity contribution in [2.45, 2.75) is 39.2 Å². The van der Waals surface area contributed by atoms with Gasteiger partial charge in [-0.2, -0.15) is 5.10 Å². The number of aromatic nitrogens is 2. The smallest absolute Gasteiger partial charge is 0.159 e. The van der Waals surface area contributed by atoms with Crippen LogP contribution in [0.2, 0.25) is 0 Å². The molecule has 0 radical (unpaired) electrons. The van der Waals surface area contributed by atoms with Crippen LogP contribution in [0.25, 0.3) is 10.8 Å². The van der Waals surface area contributed by atoms with Crippen LogP contribution in [0.4, 0.5) is 5.82 Å². The van der Waals surface area contributed by atoms with Gasteiger partial charge < -0.3 is 10.2 Å². The van der Waals surface area contributed by atoms with Gasteiger partial charge in [-0.25, -0.2) is 0 Å². The topological polar surface area (TPSA) is 41.0 Å². The number of fused-ring (bicyclic) bond motifs is 1. The molecule has 0 amide bonds. The van der Waals surface area contributed by atoms with Gasteiger partial charge in [0.25, 0.3) is 0 Å². The van der Waals surface area contributed by atoms with Crippen molar-refractivity contribution in [3.63, 3.8) is 0 Å². The molecular formula is C17H24N4. The Bertz CT molecular complexity index is 611. The highest BCUT2D eigenvalue weighted by Crippen LogP contribution is 2.27. The zero-order valence-corrected chi connectivity index (χ0v) is 13.0. The Balaban J connectivity index is 1.88. The molecule has 1 atom stereocenters. The van der Waals surface area contributed by atoms with E-state index in [2.05, 4.69) is 51.6 Å². The van der Waals surface area contributed by atoms with Crippen molar-refractivity contribution in [1.82, 2.24) is 15.5 Å². The predicted octanol–water partition coefficient (Wildman–Crippen LogP) is 2.91. The molecule has 0 saturated carbocycles. The van der Waals surface area contributed by atoms with E-state index in [1.54, 1.807) is 0 Å². The van der Waals surface area contributed by atoms with Crippen molar-refractivity contribution in [3.05, 3.63) is 30.0 Å². The molecule has 3 rings (SSSR count). The Kier molecular flexibility index (Phi) is 4.34. The van der Waals surface area contributed by atoms with Crippen LogP contribution in [0, 0.1) is 6.92 Å². The van der Waals surface area contributed by atoms with Crippen LogP contribution in [-0.4, -0.2) is 35.9 Å². The molecule has 2 aromatic rings. The Morgan fingerprint density at radius 2 is 2.05 bits per heavy atom. The van der Waals surface area contributed by atoms with E-state index in [1.807, 2.05) is 6.92 Å². The summed E-state index contributed by atoms with van der Waals surface area (Å²) in [4.78, 5) is 2.39. The summed E-state index contributed by atoms with van der Waals surface area (Å²) < 4.78 is 0. The second-order valence-electron chi connectivity index (χ2n) is 5.89. The Hall–Kier alpha value is -1.68. The van der Waals surface area contributed by atoms with Gasteiger partial charge in [0.05, 0.1) is 5.69 Å². The fourth-order valence-corrected chi connectivity index (χ4v) is 3.14. The van der Waals surface area contributed by atoms with Gasteiger partial charge in [0.2, 0.25) is 0 Å². The zero-order chi connectivity index (χ0) is 14.7. The van der Waals surface area contributed by atoms with Crippen molar-refractivity contribution in [1.29, 1.82) is 0 Å². The molecule has 1 aliphatic heterocycles. The number of nitrogens with zero attached hydrogens (tertiary/aromatic N) is 3. The number of rotatable bonds is 4. The molecule has 1 aromatic heterocycles. The minimum absolute atomic E-state index is 0.570. The van der Waals surface area contributed by atoms with Crippen LogP contribution in [0.1, 0.15) is 31.9 Å². The summed E-state index contributed by atoms with van der Waals surface area (Å²) in [6.45, 7) is 7.44. The van der Waals surface area contributed by atoms with Crippen LogP contribution < -0.4 is 10.2 Å². The van der Waals surface area contributed by atoms with Crippen LogP contribution >= 0.6 is 0 Å². The molecule has 21 heavy (non-hydrogen) atoms. The maximum absolute atomic E-state index is 4.49. The average Bonchev–Trinajstić information content (AvgIpc) is 2.54. The Morgan fingerprint density at radius 3 is 2.86 bits per heavy atom. The third kappa shape index (κ3) is 3.00. The number of aryl methyl sites for hydroxylation is 1. The molecule has 0 spiro atoms. The minimum Gasteiger partial charge on any atom is -0.353 e. The van der Waals surface area contributed by atoms with Gasteiger partial charge in [0, 0.05) is 29.9 Å². The predicted molar refractivity (Wildman–Crippen MR) is 87.8 cm³/mol. The Labute approximate surface area is 126 Å². The minimum atomic E-state index is 0.570. The fraction of sp³-hybridized carbons (Fsp3) is 0.529. The number of benzene rings is 1. The van der Waals surface area contributed by atoms with E-state index in [4.69, 9.17) is 0 Å². The molecule has 0 aliphatic carbocycles. The van der Waals surface area contributed by atoms with Gasteiger partial charge >= 0.3 is 0 Å². The van der Waals surface area contributed by atoms with Gasteiger partial charge in [-0.05, 0) is 32.7 Å². The first-order valence-electron chi connectivity index (χ1n) is 8.00. The molecule has 0 bridgehead atoms. The summed E-state index contributed by atoms with van der Waals surface area (Å²) in [7, 11) is 0. The summed E-state index contributed by atoms with van der Waals surface area (Å²) in [5.41, 5.74) is 1.01. The fourth-order valence-electron chi connectivity index (χ4n) is 3.14. The van der Waals surface area contributed by atoms with E-state index in [-0.39, 0.29) is 0 Å². The van der Waals surface area contributed by atoms with Crippen LogP contribution in [0.5, 0.6) is 0 Å². The number of hydrogen-bond donors (Lipinski definition) is 1. The van der Waals surface area contributed by atoms with Gasteiger partial charge in [0.1, 0.15) is 0 Å². The summed E-state index contributed by atoms with van der Waals surface area (Å²) in [5.74, 6) is 1.04. The van der Waals surface area contributed by atoms with Gasteiger partial charge in [-0.3, -0.25) is 0 Å². The first kappa shape index (κ1) is 14.3. The molecule has 1 aromatic carbocycles. The normalized spacial score (nSPS) is 19.1. The third-order valence-electron chi connectivity index (χ3n) is 4.26. The highest BCUT2D eigenvalue weighted by molar-refractivity contribution is 5.93. The van der Waals surface area contributed by atoms with E-state index in [1.165, 1.54) is 30.0 Å². The van der Waals surface area contributed by atoms with E-state index < -0.39 is 0 Å². The van der Waals surface area contributed by atoms with Crippen LogP contribution in [0.3, 0.4) is 0 Å². The standard InChI is InChI=1S/C17H24N4/c1-3-10-18-14-7-6-11-21(12-14)17-16-9-5-4-8-15(16)13(2)19-20-17/h4-5,8-9,14,18H,3,6-7,10-12H2,1-2H3. The molecule has 112 valence electrons. The molecule has 4 nitrogen and oxygen atoms in total. The van der Waals surface area contributed by atoms with Crippen molar-refractivity contribution in [2.75, 3.05) is 24.5 Å². The average molecular weight is 284 g/mol. The lowest BCUT2D eigenvalue weighted by Crippen LogP contribution is -2.46. The third-order valence-corrected chi connectivity index (χ3v) is 4.26. The van der Waals surface area contributed by atoms with Gasteiger partial charge in [0.15, 0.2) is 5.82 Å². The molecule has 1 aliphatic rings. The number of nitrogens with one attached hydrogen (secondary N) is 1. The van der Waals surface area contributed by atoms with E-state index in [0.29, 0.717) is 6.04 Å². The van der Waals surface area contributed by atoms with E-state index in [0.717, 1.165) is 31.1 Å². The molecule has 1 saturated heterocycles. The van der Waals surface area contributed by atoms with E-state index in [9.17, 15) is 0 Å². The maximum Gasteiger partial charge on any atom is 0.159 e. The first-order valence-corrected chi connectivity index (χ1v) is 8.00. The lowest BCUT2D eigenvalue weighted by Gasteiger charge is -2.34. The first-order chi connectivity index (χ1) is 10.3. The molecule has 4 heteroatoms. The second kappa shape index (κ2) is 6.39. The molecular weight excluding hydrogens is 260 g/mol.